The van der Waals surface area contributed by atoms with Crippen LogP contribution in [0.4, 0.5) is 0 Å². The molecule has 0 aliphatic carbocycles. The van der Waals surface area contributed by atoms with Crippen LogP contribution in [-0.4, -0.2) is 34.7 Å². The molecule has 0 radical (unpaired) electrons. The highest BCUT2D eigenvalue weighted by Gasteiger charge is 2.36. The Morgan fingerprint density at radius 1 is 1.11 bits per heavy atom. The van der Waals surface area contributed by atoms with Gasteiger partial charge in [0.25, 0.3) is 0 Å². The van der Waals surface area contributed by atoms with Gasteiger partial charge in [-0.15, -0.1) is 0 Å². The number of hydrogen-bond donors (Lipinski definition) is 0. The quantitative estimate of drug-likeness (QED) is 0.753. The molecular weight excluding hydrogens is 372 g/mol. The Morgan fingerprint density at radius 3 is 2.39 bits per heavy atom. The van der Waals surface area contributed by atoms with E-state index in [0.29, 0.717) is 31.0 Å². The zero-order valence-electron chi connectivity index (χ0n) is 16.7. The maximum atomic E-state index is 13.3. The largest absolute Gasteiger partial charge is 0.340 e. The average molecular weight is 399 g/mol. The molecule has 2 aromatic rings. The number of likely N-dealkylation sites (N-methyl/N-ethyl adjacent to an activating group) is 1. The number of nitrogens with zero attached hydrogens (tertiary/aromatic N) is 2. The molecule has 4 nitrogen and oxygen atoms in total. The van der Waals surface area contributed by atoms with Crippen molar-refractivity contribution in [3.8, 4) is 0 Å². The van der Waals surface area contributed by atoms with E-state index in [1.165, 1.54) is 0 Å². The number of fused-ring (bicyclic) bond motifs is 1. The van der Waals surface area contributed by atoms with Crippen LogP contribution < -0.4 is 0 Å². The summed E-state index contributed by atoms with van der Waals surface area (Å²) in [6, 6.07) is 15.1. The van der Waals surface area contributed by atoms with Crippen molar-refractivity contribution in [2.45, 2.75) is 45.8 Å². The van der Waals surface area contributed by atoms with E-state index in [-0.39, 0.29) is 17.7 Å². The lowest BCUT2D eigenvalue weighted by molar-refractivity contribution is -0.147. The fourth-order valence-electron chi connectivity index (χ4n) is 3.67. The Kier molecular flexibility index (Phi) is 6.40. The number of carbonyl (C=O) groups excluding carboxylic acids is 2. The van der Waals surface area contributed by atoms with Gasteiger partial charge < -0.3 is 9.80 Å². The van der Waals surface area contributed by atoms with Gasteiger partial charge in [0.2, 0.25) is 11.8 Å². The Labute approximate surface area is 172 Å². The van der Waals surface area contributed by atoms with Gasteiger partial charge in [0.15, 0.2) is 0 Å². The summed E-state index contributed by atoms with van der Waals surface area (Å²) in [5, 5.41) is 0.673. The molecule has 0 bridgehead atoms. The van der Waals surface area contributed by atoms with Crippen molar-refractivity contribution in [2.24, 2.45) is 5.92 Å². The predicted molar refractivity (Wildman–Crippen MR) is 112 cm³/mol. The van der Waals surface area contributed by atoms with Crippen LogP contribution in [0.2, 0.25) is 5.02 Å². The Morgan fingerprint density at radius 2 is 1.75 bits per heavy atom. The van der Waals surface area contributed by atoms with Crippen LogP contribution in [0.5, 0.6) is 0 Å². The summed E-state index contributed by atoms with van der Waals surface area (Å²) in [7, 11) is 1.79. The normalized spacial score (nSPS) is 16.0. The van der Waals surface area contributed by atoms with Crippen LogP contribution in [-0.2, 0) is 29.1 Å². The van der Waals surface area contributed by atoms with Crippen molar-refractivity contribution in [1.82, 2.24) is 9.80 Å². The summed E-state index contributed by atoms with van der Waals surface area (Å²) in [4.78, 5) is 29.7. The fraction of sp³-hybridized carbons (Fsp3) is 0.391. The molecule has 0 saturated heterocycles. The summed E-state index contributed by atoms with van der Waals surface area (Å²) in [5.74, 6) is 0.275. The molecule has 2 amide bonds. The van der Waals surface area contributed by atoms with Gasteiger partial charge in [-0.2, -0.15) is 0 Å². The van der Waals surface area contributed by atoms with Gasteiger partial charge in [-0.3, -0.25) is 9.59 Å². The Balaban J connectivity index is 1.81. The van der Waals surface area contributed by atoms with Crippen molar-refractivity contribution in [3.05, 3.63) is 70.2 Å². The maximum absolute atomic E-state index is 13.3. The summed E-state index contributed by atoms with van der Waals surface area (Å²) in [6.07, 6.45) is 1.01. The highest BCUT2D eigenvalue weighted by molar-refractivity contribution is 6.30. The van der Waals surface area contributed by atoms with E-state index in [4.69, 9.17) is 11.6 Å². The fourth-order valence-corrected chi connectivity index (χ4v) is 3.79. The molecule has 148 valence electrons. The molecule has 0 N–H and O–H groups in total. The lowest BCUT2D eigenvalue weighted by atomic mass is 9.92. The predicted octanol–water partition coefficient (Wildman–Crippen LogP) is 4.30. The SMILES string of the molecule is CC(C)CC(=O)N1Cc2ccccc2CC1C(=O)N(C)Cc1ccc(Cl)cc1. The molecule has 1 atom stereocenters. The monoisotopic (exact) mass is 398 g/mol. The number of carbonyl (C=O) groups is 2. The van der Waals surface area contributed by atoms with E-state index in [1.807, 2.05) is 56.3 Å². The van der Waals surface area contributed by atoms with Crippen molar-refractivity contribution >= 4 is 23.4 Å². The second-order valence-electron chi connectivity index (χ2n) is 7.93. The number of halogens is 1. The highest BCUT2D eigenvalue weighted by Crippen LogP contribution is 2.26. The molecule has 5 heteroatoms. The summed E-state index contributed by atoms with van der Waals surface area (Å²) in [5.41, 5.74) is 3.29. The van der Waals surface area contributed by atoms with Crippen LogP contribution in [0.15, 0.2) is 48.5 Å². The first-order valence-electron chi connectivity index (χ1n) is 9.71. The topological polar surface area (TPSA) is 40.6 Å². The minimum absolute atomic E-state index is 0.0263. The van der Waals surface area contributed by atoms with Gasteiger partial charge in [-0.1, -0.05) is 61.8 Å². The number of rotatable bonds is 5. The van der Waals surface area contributed by atoms with Crippen LogP contribution >= 0.6 is 11.6 Å². The molecule has 1 aliphatic heterocycles. The second kappa shape index (κ2) is 8.78. The van der Waals surface area contributed by atoms with Gasteiger partial charge >= 0.3 is 0 Å². The van der Waals surface area contributed by atoms with Crippen LogP contribution in [0.3, 0.4) is 0 Å². The zero-order chi connectivity index (χ0) is 20.3. The van der Waals surface area contributed by atoms with Crippen LogP contribution in [0.25, 0.3) is 0 Å². The van der Waals surface area contributed by atoms with Crippen molar-refractivity contribution in [2.75, 3.05) is 7.05 Å². The van der Waals surface area contributed by atoms with Gasteiger partial charge in [-0.25, -0.2) is 0 Å². The van der Waals surface area contributed by atoms with E-state index in [1.54, 1.807) is 16.8 Å². The summed E-state index contributed by atoms with van der Waals surface area (Å²) >= 11 is 5.95. The average Bonchev–Trinajstić information content (AvgIpc) is 2.67. The van der Waals surface area contributed by atoms with E-state index >= 15 is 0 Å². The molecule has 1 heterocycles. The smallest absolute Gasteiger partial charge is 0.245 e. The third kappa shape index (κ3) is 4.74. The van der Waals surface area contributed by atoms with Crippen molar-refractivity contribution in [1.29, 1.82) is 0 Å². The molecule has 0 spiro atoms. The first-order chi connectivity index (χ1) is 13.3. The lowest BCUT2D eigenvalue weighted by Crippen LogP contribution is -2.52. The van der Waals surface area contributed by atoms with E-state index in [0.717, 1.165) is 16.7 Å². The molecule has 1 aliphatic rings. The molecule has 0 fully saturated rings. The lowest BCUT2D eigenvalue weighted by Gasteiger charge is -2.38. The molecule has 1 unspecified atom stereocenters. The molecule has 3 rings (SSSR count). The molecular formula is C23H27ClN2O2. The van der Waals surface area contributed by atoms with E-state index < -0.39 is 6.04 Å². The van der Waals surface area contributed by atoms with Gasteiger partial charge in [0, 0.05) is 38.0 Å². The van der Waals surface area contributed by atoms with Gasteiger partial charge in [-0.05, 0) is 34.7 Å². The van der Waals surface area contributed by atoms with Crippen LogP contribution in [0, 0.1) is 5.92 Å². The minimum Gasteiger partial charge on any atom is -0.340 e. The highest BCUT2D eigenvalue weighted by atomic mass is 35.5. The second-order valence-corrected chi connectivity index (χ2v) is 8.37. The Hall–Kier alpha value is -2.33. The first kappa shape index (κ1) is 20.4. The third-order valence-electron chi connectivity index (χ3n) is 5.15. The molecule has 0 aromatic heterocycles. The van der Waals surface area contributed by atoms with Gasteiger partial charge in [0.05, 0.1) is 0 Å². The van der Waals surface area contributed by atoms with Crippen molar-refractivity contribution in [3.63, 3.8) is 0 Å². The maximum Gasteiger partial charge on any atom is 0.245 e. The molecule has 0 saturated carbocycles. The van der Waals surface area contributed by atoms with E-state index in [9.17, 15) is 9.59 Å². The standard InChI is InChI=1S/C23H27ClN2O2/c1-16(2)12-22(27)26-15-19-7-5-4-6-18(19)13-21(26)23(28)25(3)14-17-8-10-20(24)11-9-17/h4-11,16,21H,12-15H2,1-3H3. The summed E-state index contributed by atoms with van der Waals surface area (Å²) in [6.45, 7) is 5.03. The number of hydrogen-bond acceptors (Lipinski definition) is 2. The molecule has 2 aromatic carbocycles. The summed E-state index contributed by atoms with van der Waals surface area (Å²) < 4.78 is 0. The number of benzene rings is 2. The number of amides is 2. The minimum atomic E-state index is -0.460. The first-order valence-corrected chi connectivity index (χ1v) is 10.1. The van der Waals surface area contributed by atoms with Gasteiger partial charge in [0.1, 0.15) is 6.04 Å². The third-order valence-corrected chi connectivity index (χ3v) is 5.40. The van der Waals surface area contributed by atoms with Crippen LogP contribution in [0.1, 0.15) is 37.0 Å². The van der Waals surface area contributed by atoms with E-state index in [2.05, 4.69) is 6.07 Å². The Bertz CT molecular complexity index is 848. The molecule has 28 heavy (non-hydrogen) atoms. The zero-order valence-corrected chi connectivity index (χ0v) is 17.4. The van der Waals surface area contributed by atoms with Crippen molar-refractivity contribution < 1.29 is 9.59 Å².